The molecule has 2 aromatic rings. The molecule has 0 aromatic heterocycles. The minimum absolute atomic E-state index is 0.00865. The monoisotopic (exact) mass is 667 g/mol. The van der Waals surface area contributed by atoms with Crippen molar-refractivity contribution in [1.29, 1.82) is 0 Å². The first kappa shape index (κ1) is 36.1. The van der Waals surface area contributed by atoms with Crippen molar-refractivity contribution < 1.29 is 33.5 Å². The number of benzene rings is 2. The first-order valence-corrected chi connectivity index (χ1v) is 19.0. The molecule has 2 aliphatic rings. The molecule has 1 heterocycles. The predicted octanol–water partition coefficient (Wildman–Crippen LogP) is 7.29. The van der Waals surface area contributed by atoms with Crippen LogP contribution in [0.1, 0.15) is 77.5 Å². The third kappa shape index (κ3) is 8.99. The number of nitrogens with zero attached hydrogens (tertiary/aromatic N) is 2. The fourth-order valence-corrected chi connectivity index (χ4v) is 7.16. The molecule has 0 spiro atoms. The quantitative estimate of drug-likeness (QED) is 0.161. The maximum atomic E-state index is 13.4. The number of rotatable bonds is 9. The molecule has 11 nitrogen and oxygen atoms in total. The van der Waals surface area contributed by atoms with E-state index in [2.05, 4.69) is 39.2 Å². The summed E-state index contributed by atoms with van der Waals surface area (Å²) < 4.78 is 17.9. The first-order valence-electron chi connectivity index (χ1n) is 16.1. The Labute approximate surface area is 278 Å². The van der Waals surface area contributed by atoms with E-state index in [1.807, 2.05) is 51.1 Å². The second kappa shape index (κ2) is 13.8. The molecule has 3 atom stereocenters. The van der Waals surface area contributed by atoms with Crippen LogP contribution < -0.4 is 5.32 Å². The molecule has 2 aromatic carbocycles. The molecule has 0 radical (unpaired) electrons. The molecule has 1 saturated heterocycles. The zero-order valence-electron chi connectivity index (χ0n) is 28.8. The van der Waals surface area contributed by atoms with Gasteiger partial charge in [-0.25, -0.2) is 9.59 Å². The van der Waals surface area contributed by atoms with Crippen LogP contribution in [0.15, 0.2) is 54.6 Å². The summed E-state index contributed by atoms with van der Waals surface area (Å²) in [6.45, 7) is 17.1. The molecule has 1 fully saturated rings. The van der Waals surface area contributed by atoms with Gasteiger partial charge in [0.1, 0.15) is 12.2 Å². The van der Waals surface area contributed by atoms with Crippen LogP contribution >= 0.6 is 0 Å². The zero-order chi connectivity index (χ0) is 34.8. The minimum Gasteiger partial charge on any atom is -0.445 e. The first-order chi connectivity index (χ1) is 21.8. The summed E-state index contributed by atoms with van der Waals surface area (Å²) in [5, 5.41) is 25.9. The summed E-state index contributed by atoms with van der Waals surface area (Å²) in [5.41, 5.74) is 1.06. The van der Waals surface area contributed by atoms with Crippen LogP contribution in [-0.4, -0.2) is 66.3 Å². The van der Waals surface area contributed by atoms with Gasteiger partial charge < -0.3 is 29.2 Å². The summed E-state index contributed by atoms with van der Waals surface area (Å²) in [6, 6.07) is 13.1. The highest BCUT2D eigenvalue weighted by Gasteiger charge is 2.47. The number of hydrogen-bond acceptors (Lipinski definition) is 8. The van der Waals surface area contributed by atoms with Crippen molar-refractivity contribution in [3.63, 3.8) is 0 Å². The van der Waals surface area contributed by atoms with Crippen molar-refractivity contribution in [3.8, 4) is 0 Å². The minimum atomic E-state index is -2.12. The number of alkyl carbamates (subject to hydrolysis) is 1. The molecular weight excluding hydrogens is 618 g/mol. The van der Waals surface area contributed by atoms with Gasteiger partial charge >= 0.3 is 12.2 Å². The van der Waals surface area contributed by atoms with Gasteiger partial charge in [0.05, 0.1) is 16.6 Å². The lowest BCUT2D eigenvalue weighted by atomic mass is 9.76. The smallest absolute Gasteiger partial charge is 0.410 e. The van der Waals surface area contributed by atoms with Gasteiger partial charge in [-0.3, -0.25) is 10.1 Å². The number of ether oxygens (including phenoxy) is 2. The molecule has 0 bridgehead atoms. The van der Waals surface area contributed by atoms with Crippen molar-refractivity contribution in [1.82, 2.24) is 10.2 Å². The van der Waals surface area contributed by atoms with E-state index < -0.39 is 36.6 Å². The van der Waals surface area contributed by atoms with Gasteiger partial charge in [0.25, 0.3) is 5.69 Å². The van der Waals surface area contributed by atoms with Crippen LogP contribution in [0.3, 0.4) is 0 Å². The van der Waals surface area contributed by atoms with E-state index >= 15 is 0 Å². The highest BCUT2D eigenvalue weighted by Crippen LogP contribution is 2.44. The number of likely N-dealkylation sites (tertiary alicyclic amines) is 1. The van der Waals surface area contributed by atoms with E-state index in [0.717, 1.165) is 16.7 Å². The number of nitrogens with one attached hydrogen (secondary N) is 1. The van der Waals surface area contributed by atoms with E-state index in [0.29, 0.717) is 31.4 Å². The van der Waals surface area contributed by atoms with Gasteiger partial charge in [-0.1, -0.05) is 51.1 Å². The van der Waals surface area contributed by atoms with Crippen LogP contribution in [0.4, 0.5) is 15.3 Å². The standard InChI is InChI=1S/C35H49N3O8Si/c1-33(2,3)45-32(40)37-22-28(46-47(7,8)34(4,5)6)19-27(37)20-35(41)18-17-25(29-11-9-10-12-30(29)35)21-36-31(39)44-23-24-13-15-26(16-14-24)38(42)43/h9-17,27-28,41H,18-23H2,1-8H3,(H,36,39)/t27-,28+,35?/m0/s1. The Hall–Kier alpha value is -3.74. The molecule has 2 amide bonds. The Bertz CT molecular complexity index is 1500. The number of carbonyl (C=O) groups excluding carboxylic acids is 2. The van der Waals surface area contributed by atoms with Crippen molar-refractivity contribution >= 4 is 31.8 Å². The van der Waals surface area contributed by atoms with Crippen LogP contribution in [0.2, 0.25) is 18.1 Å². The maximum absolute atomic E-state index is 13.4. The van der Waals surface area contributed by atoms with Gasteiger partial charge in [0.15, 0.2) is 8.32 Å². The normalized spacial score (nSPS) is 21.5. The number of hydrogen-bond donors (Lipinski definition) is 2. The molecule has 1 aliphatic carbocycles. The van der Waals surface area contributed by atoms with E-state index in [9.17, 15) is 24.8 Å². The number of nitro groups is 1. The summed E-state index contributed by atoms with van der Waals surface area (Å²) in [7, 11) is -2.12. The molecule has 47 heavy (non-hydrogen) atoms. The summed E-state index contributed by atoms with van der Waals surface area (Å²) >= 11 is 0. The summed E-state index contributed by atoms with van der Waals surface area (Å²) in [5.74, 6) is 0. The second-order valence-corrected chi connectivity index (χ2v) is 19.8. The van der Waals surface area contributed by atoms with Crippen molar-refractivity contribution in [3.05, 3.63) is 81.4 Å². The number of aliphatic hydroxyl groups is 1. The lowest BCUT2D eigenvalue weighted by Crippen LogP contribution is -2.45. The third-order valence-corrected chi connectivity index (χ3v) is 13.8. The van der Waals surface area contributed by atoms with Crippen molar-refractivity contribution in [2.75, 3.05) is 13.1 Å². The molecular formula is C35H49N3O8Si. The average molecular weight is 668 g/mol. The van der Waals surface area contributed by atoms with E-state index in [1.165, 1.54) is 12.1 Å². The maximum Gasteiger partial charge on any atom is 0.410 e. The Morgan fingerprint density at radius 3 is 2.36 bits per heavy atom. The molecule has 1 aliphatic heterocycles. The van der Waals surface area contributed by atoms with Crippen LogP contribution in [0, 0.1) is 10.1 Å². The third-order valence-electron chi connectivity index (χ3n) is 9.25. The summed E-state index contributed by atoms with van der Waals surface area (Å²) in [6.07, 6.45) is 1.91. The van der Waals surface area contributed by atoms with Gasteiger partial charge in [0.2, 0.25) is 0 Å². The van der Waals surface area contributed by atoms with E-state index in [1.54, 1.807) is 17.0 Å². The predicted molar refractivity (Wildman–Crippen MR) is 182 cm³/mol. The van der Waals surface area contributed by atoms with Crippen LogP contribution in [-0.2, 0) is 26.1 Å². The van der Waals surface area contributed by atoms with Crippen LogP contribution in [0.5, 0.6) is 0 Å². The number of fused-ring (bicyclic) bond motifs is 1. The molecule has 4 rings (SSSR count). The zero-order valence-corrected chi connectivity index (χ0v) is 29.8. The van der Waals surface area contributed by atoms with E-state index in [4.69, 9.17) is 13.9 Å². The van der Waals surface area contributed by atoms with E-state index in [-0.39, 0.29) is 36.0 Å². The highest BCUT2D eigenvalue weighted by atomic mass is 28.4. The lowest BCUT2D eigenvalue weighted by molar-refractivity contribution is -0.384. The Morgan fingerprint density at radius 1 is 1.09 bits per heavy atom. The second-order valence-electron chi connectivity index (χ2n) is 15.1. The van der Waals surface area contributed by atoms with Gasteiger partial charge in [-0.2, -0.15) is 0 Å². The fourth-order valence-electron chi connectivity index (χ4n) is 5.80. The number of carbonyl (C=O) groups is 2. The van der Waals surface area contributed by atoms with Crippen LogP contribution in [0.25, 0.3) is 5.57 Å². The lowest BCUT2D eigenvalue weighted by Gasteiger charge is -2.38. The SMILES string of the molecule is CC(C)(C)OC(=O)N1C[C@H](O[Si](C)(C)C(C)(C)C)C[C@H]1CC1(O)CC=C(CNC(=O)OCc2ccc([N+](=O)[O-])cc2)c2ccccc21. The molecule has 2 N–H and O–H groups in total. The highest BCUT2D eigenvalue weighted by molar-refractivity contribution is 6.74. The number of amides is 2. The topological polar surface area (TPSA) is 140 Å². The average Bonchev–Trinajstić information content (AvgIpc) is 3.35. The number of non-ortho nitro benzene ring substituents is 1. The number of nitro benzene ring substituents is 1. The van der Waals surface area contributed by atoms with Gasteiger partial charge in [0, 0.05) is 37.7 Å². The fraction of sp³-hybridized carbons (Fsp3) is 0.543. The Kier molecular flexibility index (Phi) is 10.6. The van der Waals surface area contributed by atoms with Crippen molar-refractivity contribution in [2.24, 2.45) is 0 Å². The molecule has 12 heteroatoms. The molecule has 1 unspecified atom stereocenters. The Balaban J connectivity index is 1.46. The van der Waals surface area contributed by atoms with Gasteiger partial charge in [-0.05, 0) is 86.1 Å². The molecule has 0 saturated carbocycles. The molecule has 256 valence electrons. The Morgan fingerprint density at radius 2 is 1.74 bits per heavy atom. The summed E-state index contributed by atoms with van der Waals surface area (Å²) in [4.78, 5) is 38.1. The van der Waals surface area contributed by atoms with Gasteiger partial charge in [-0.15, -0.1) is 0 Å². The largest absolute Gasteiger partial charge is 0.445 e. The van der Waals surface area contributed by atoms with Crippen molar-refractivity contribution in [2.45, 2.75) is 109 Å².